The van der Waals surface area contributed by atoms with Crippen LogP contribution < -0.4 is 5.32 Å². The van der Waals surface area contributed by atoms with Gasteiger partial charge in [0.05, 0.1) is 0 Å². The molecule has 3 rings (SSSR count). The average Bonchev–Trinajstić information content (AvgIpc) is 3.16. The van der Waals surface area contributed by atoms with Gasteiger partial charge in [-0.1, -0.05) is 25.8 Å². The van der Waals surface area contributed by atoms with Crippen LogP contribution in [-0.4, -0.2) is 37.5 Å². The fourth-order valence-corrected chi connectivity index (χ4v) is 4.89. The molecule has 3 nitrogen and oxygen atoms in total. The van der Waals surface area contributed by atoms with Crippen LogP contribution in [0.1, 0.15) is 37.5 Å². The Morgan fingerprint density at radius 3 is 2.61 bits per heavy atom. The number of likely N-dealkylation sites (tertiary alicyclic amines) is 1. The van der Waals surface area contributed by atoms with Crippen LogP contribution in [-0.2, 0) is 6.42 Å². The molecule has 1 saturated carbocycles. The summed E-state index contributed by atoms with van der Waals surface area (Å²) in [5.74, 6) is 3.58. The molecule has 3 atom stereocenters. The molecule has 2 fully saturated rings. The first-order valence-electron chi connectivity index (χ1n) is 8.74. The normalized spacial score (nSPS) is 25.7. The van der Waals surface area contributed by atoms with Gasteiger partial charge in [0.15, 0.2) is 5.96 Å². The van der Waals surface area contributed by atoms with Crippen molar-refractivity contribution < 1.29 is 0 Å². The van der Waals surface area contributed by atoms with Gasteiger partial charge in [0.25, 0.3) is 0 Å². The summed E-state index contributed by atoms with van der Waals surface area (Å²) < 4.78 is 0. The Kier molecular flexibility index (Phi) is 7.66. The maximum absolute atomic E-state index is 4.53. The smallest absolute Gasteiger partial charge is 0.193 e. The minimum Gasteiger partial charge on any atom is -0.356 e. The second kappa shape index (κ2) is 9.25. The second-order valence-electron chi connectivity index (χ2n) is 7.03. The van der Waals surface area contributed by atoms with E-state index in [1.165, 1.54) is 43.6 Å². The molecular formula is C18H30IN3S. The minimum atomic E-state index is 0. The highest BCUT2D eigenvalue weighted by Gasteiger charge is 2.35. The van der Waals surface area contributed by atoms with Crippen molar-refractivity contribution in [3.8, 4) is 0 Å². The summed E-state index contributed by atoms with van der Waals surface area (Å²) in [6.07, 6.45) is 6.87. The fraction of sp³-hybridized carbons (Fsp3) is 0.722. The highest BCUT2D eigenvalue weighted by molar-refractivity contribution is 14.0. The summed E-state index contributed by atoms with van der Waals surface area (Å²) in [5, 5.41) is 5.78. The summed E-state index contributed by atoms with van der Waals surface area (Å²) in [6.45, 7) is 5.76. The largest absolute Gasteiger partial charge is 0.356 e. The van der Waals surface area contributed by atoms with Crippen molar-refractivity contribution in [3.63, 3.8) is 0 Å². The monoisotopic (exact) mass is 447 g/mol. The number of hydrogen-bond donors (Lipinski definition) is 1. The number of hydrogen-bond acceptors (Lipinski definition) is 2. The quantitative estimate of drug-likeness (QED) is 0.425. The number of guanidine groups is 1. The van der Waals surface area contributed by atoms with E-state index in [0.29, 0.717) is 5.92 Å². The SMILES string of the molecule is CN=C(NCC(C)Cc1cccs1)N1CC2CCCCC2C1.I. The maximum atomic E-state index is 4.53. The van der Waals surface area contributed by atoms with Crippen molar-refractivity contribution in [2.45, 2.75) is 39.0 Å². The third-order valence-corrected chi connectivity index (χ3v) is 6.12. The number of halogens is 1. The molecule has 0 aromatic carbocycles. The van der Waals surface area contributed by atoms with E-state index in [0.717, 1.165) is 30.8 Å². The van der Waals surface area contributed by atoms with Crippen molar-refractivity contribution in [3.05, 3.63) is 22.4 Å². The van der Waals surface area contributed by atoms with E-state index in [9.17, 15) is 0 Å². The van der Waals surface area contributed by atoms with Crippen LogP contribution in [0.4, 0.5) is 0 Å². The molecule has 0 amide bonds. The molecule has 2 heterocycles. The topological polar surface area (TPSA) is 27.6 Å². The standard InChI is InChI=1S/C18H29N3S.HI/c1-14(10-17-8-5-9-22-17)11-20-18(19-2)21-12-15-6-3-4-7-16(15)13-21;/h5,8-9,14-16H,3-4,6-7,10-13H2,1-2H3,(H,19,20);1H. The van der Waals surface area contributed by atoms with Gasteiger partial charge < -0.3 is 10.2 Å². The Labute approximate surface area is 162 Å². The average molecular weight is 447 g/mol. The van der Waals surface area contributed by atoms with Gasteiger partial charge >= 0.3 is 0 Å². The second-order valence-corrected chi connectivity index (χ2v) is 8.06. The van der Waals surface area contributed by atoms with Crippen LogP contribution in [0.2, 0.25) is 0 Å². The Hall–Kier alpha value is -0.300. The van der Waals surface area contributed by atoms with E-state index >= 15 is 0 Å². The van der Waals surface area contributed by atoms with E-state index in [1.807, 2.05) is 18.4 Å². The summed E-state index contributed by atoms with van der Waals surface area (Å²) in [7, 11) is 1.92. The van der Waals surface area contributed by atoms with Crippen LogP contribution in [0.3, 0.4) is 0 Å². The van der Waals surface area contributed by atoms with Crippen LogP contribution in [0, 0.1) is 17.8 Å². The first-order chi connectivity index (χ1) is 10.8. The minimum absolute atomic E-state index is 0. The predicted octanol–water partition coefficient (Wildman–Crippen LogP) is 4.24. The van der Waals surface area contributed by atoms with Crippen LogP contribution in [0.15, 0.2) is 22.5 Å². The maximum Gasteiger partial charge on any atom is 0.193 e. The van der Waals surface area contributed by atoms with Gasteiger partial charge in [0.2, 0.25) is 0 Å². The molecule has 1 aromatic heterocycles. The van der Waals surface area contributed by atoms with Crippen molar-refractivity contribution >= 4 is 41.3 Å². The predicted molar refractivity (Wildman–Crippen MR) is 111 cm³/mol. The Bertz CT molecular complexity index is 474. The lowest BCUT2D eigenvalue weighted by Crippen LogP contribution is -2.42. The highest BCUT2D eigenvalue weighted by atomic mass is 127. The first kappa shape index (κ1) is 19.0. The van der Waals surface area contributed by atoms with Crippen molar-refractivity contribution in [2.75, 3.05) is 26.7 Å². The third-order valence-electron chi connectivity index (χ3n) is 5.23. The van der Waals surface area contributed by atoms with Gasteiger partial charge in [0.1, 0.15) is 0 Å². The number of fused-ring (bicyclic) bond motifs is 1. The molecule has 1 saturated heterocycles. The zero-order valence-electron chi connectivity index (χ0n) is 14.3. The number of rotatable bonds is 4. The van der Waals surface area contributed by atoms with Gasteiger partial charge in [-0.05, 0) is 48.5 Å². The molecule has 130 valence electrons. The van der Waals surface area contributed by atoms with E-state index in [4.69, 9.17) is 0 Å². The molecule has 1 aliphatic heterocycles. The zero-order chi connectivity index (χ0) is 15.4. The number of thiophene rings is 1. The molecule has 5 heteroatoms. The number of nitrogens with zero attached hydrogens (tertiary/aromatic N) is 2. The Morgan fingerprint density at radius 1 is 1.35 bits per heavy atom. The van der Waals surface area contributed by atoms with E-state index in [-0.39, 0.29) is 24.0 Å². The third kappa shape index (κ3) is 5.08. The number of aliphatic imine (C=N–C) groups is 1. The van der Waals surface area contributed by atoms with Gasteiger partial charge in [-0.2, -0.15) is 0 Å². The summed E-state index contributed by atoms with van der Waals surface area (Å²) in [6, 6.07) is 4.38. The fourth-order valence-electron chi connectivity index (χ4n) is 4.02. The summed E-state index contributed by atoms with van der Waals surface area (Å²) >= 11 is 1.86. The summed E-state index contributed by atoms with van der Waals surface area (Å²) in [4.78, 5) is 8.51. The molecule has 1 aromatic rings. The zero-order valence-corrected chi connectivity index (χ0v) is 17.5. The van der Waals surface area contributed by atoms with Crippen molar-refractivity contribution in [1.29, 1.82) is 0 Å². The van der Waals surface area contributed by atoms with Gasteiger partial charge in [-0.25, -0.2) is 0 Å². The molecule has 2 aliphatic rings. The van der Waals surface area contributed by atoms with Gasteiger partial charge in [0, 0.05) is 31.6 Å². The lowest BCUT2D eigenvalue weighted by atomic mass is 9.82. The van der Waals surface area contributed by atoms with Gasteiger partial charge in [-0.15, -0.1) is 35.3 Å². The molecule has 0 radical (unpaired) electrons. The first-order valence-corrected chi connectivity index (χ1v) is 9.62. The Balaban J connectivity index is 0.00000192. The molecule has 23 heavy (non-hydrogen) atoms. The molecule has 0 bridgehead atoms. The van der Waals surface area contributed by atoms with Gasteiger partial charge in [-0.3, -0.25) is 4.99 Å². The molecule has 0 spiro atoms. The van der Waals surface area contributed by atoms with E-state index < -0.39 is 0 Å². The highest BCUT2D eigenvalue weighted by Crippen LogP contribution is 2.35. The van der Waals surface area contributed by atoms with Crippen LogP contribution in [0.25, 0.3) is 0 Å². The number of nitrogens with one attached hydrogen (secondary N) is 1. The molecule has 1 aliphatic carbocycles. The van der Waals surface area contributed by atoms with E-state index in [2.05, 4.69) is 39.6 Å². The molecular weight excluding hydrogens is 417 g/mol. The lowest BCUT2D eigenvalue weighted by Gasteiger charge is -2.23. The lowest BCUT2D eigenvalue weighted by molar-refractivity contribution is 0.299. The molecule has 1 N–H and O–H groups in total. The van der Waals surface area contributed by atoms with Crippen molar-refractivity contribution in [1.82, 2.24) is 10.2 Å². The summed E-state index contributed by atoms with van der Waals surface area (Å²) in [5.41, 5.74) is 0. The Morgan fingerprint density at radius 2 is 2.04 bits per heavy atom. The van der Waals surface area contributed by atoms with Crippen LogP contribution in [0.5, 0.6) is 0 Å². The molecule has 3 unspecified atom stereocenters. The van der Waals surface area contributed by atoms with E-state index in [1.54, 1.807) is 0 Å². The van der Waals surface area contributed by atoms with Crippen molar-refractivity contribution in [2.24, 2.45) is 22.7 Å². The van der Waals surface area contributed by atoms with Crippen LogP contribution >= 0.6 is 35.3 Å².